The average Bonchev–Trinajstić information content (AvgIpc) is 2.26. The van der Waals surface area contributed by atoms with E-state index in [1.54, 1.807) is 26.0 Å². The second kappa shape index (κ2) is 5.55. The third kappa shape index (κ3) is 3.36. The SMILES string of the molecule is CC(C)C(Nc1ccc(Cl)cc1C#N)C(=O)O. The van der Waals surface area contributed by atoms with Gasteiger partial charge in [-0.3, -0.25) is 0 Å². The van der Waals surface area contributed by atoms with Gasteiger partial charge in [0.1, 0.15) is 12.1 Å². The number of rotatable bonds is 4. The minimum absolute atomic E-state index is 0.0882. The molecular formula is C12H13ClN2O2. The predicted octanol–water partition coefficient (Wildman–Crippen LogP) is 2.73. The quantitative estimate of drug-likeness (QED) is 0.864. The highest BCUT2D eigenvalue weighted by Gasteiger charge is 2.22. The molecule has 0 aliphatic heterocycles. The van der Waals surface area contributed by atoms with Crippen LogP contribution in [0.3, 0.4) is 0 Å². The third-order valence-corrected chi connectivity index (χ3v) is 2.58. The number of aliphatic carboxylic acids is 1. The van der Waals surface area contributed by atoms with Gasteiger partial charge in [0, 0.05) is 5.02 Å². The lowest BCUT2D eigenvalue weighted by Gasteiger charge is -2.19. The van der Waals surface area contributed by atoms with Gasteiger partial charge in [0.2, 0.25) is 0 Å². The molecule has 0 saturated heterocycles. The van der Waals surface area contributed by atoms with Crippen molar-refractivity contribution < 1.29 is 9.90 Å². The number of carboxylic acid groups (broad SMARTS) is 1. The van der Waals surface area contributed by atoms with Crippen LogP contribution in [0.1, 0.15) is 19.4 Å². The van der Waals surface area contributed by atoms with Crippen LogP contribution in [-0.4, -0.2) is 17.1 Å². The van der Waals surface area contributed by atoms with Crippen LogP contribution in [0.15, 0.2) is 18.2 Å². The Kier molecular flexibility index (Phi) is 4.36. The molecule has 4 nitrogen and oxygen atoms in total. The van der Waals surface area contributed by atoms with E-state index in [0.29, 0.717) is 16.3 Å². The highest BCUT2D eigenvalue weighted by molar-refractivity contribution is 6.30. The van der Waals surface area contributed by atoms with Gasteiger partial charge < -0.3 is 10.4 Å². The highest BCUT2D eigenvalue weighted by atomic mass is 35.5. The summed E-state index contributed by atoms with van der Waals surface area (Å²) in [6.07, 6.45) is 0. The topological polar surface area (TPSA) is 73.1 Å². The van der Waals surface area contributed by atoms with Crippen molar-refractivity contribution in [2.75, 3.05) is 5.32 Å². The highest BCUT2D eigenvalue weighted by Crippen LogP contribution is 2.22. The number of carboxylic acids is 1. The van der Waals surface area contributed by atoms with Crippen LogP contribution in [0.2, 0.25) is 5.02 Å². The molecule has 0 spiro atoms. The van der Waals surface area contributed by atoms with Crippen molar-refractivity contribution in [1.29, 1.82) is 5.26 Å². The average molecular weight is 253 g/mol. The molecule has 0 saturated carbocycles. The number of nitrogens with one attached hydrogen (secondary N) is 1. The molecule has 90 valence electrons. The smallest absolute Gasteiger partial charge is 0.326 e. The molecule has 0 bridgehead atoms. The molecule has 0 heterocycles. The second-order valence-corrected chi connectivity index (χ2v) is 4.44. The molecule has 1 rings (SSSR count). The number of hydrogen-bond donors (Lipinski definition) is 2. The lowest BCUT2D eigenvalue weighted by Crippen LogP contribution is -2.34. The monoisotopic (exact) mass is 252 g/mol. The first-order valence-corrected chi connectivity index (χ1v) is 5.52. The summed E-state index contributed by atoms with van der Waals surface area (Å²) in [6, 6.07) is 5.98. The molecule has 0 aliphatic rings. The number of nitriles is 1. The predicted molar refractivity (Wildman–Crippen MR) is 66.1 cm³/mol. The van der Waals surface area contributed by atoms with Gasteiger partial charge in [0.15, 0.2) is 0 Å². The zero-order valence-electron chi connectivity index (χ0n) is 9.57. The standard InChI is InChI=1S/C12H13ClN2O2/c1-7(2)11(12(16)17)15-10-4-3-9(13)5-8(10)6-14/h3-5,7,11,15H,1-2H3,(H,16,17). The van der Waals surface area contributed by atoms with Crippen molar-refractivity contribution in [3.05, 3.63) is 28.8 Å². The van der Waals surface area contributed by atoms with E-state index in [9.17, 15) is 4.79 Å². The third-order valence-electron chi connectivity index (χ3n) is 2.35. The minimum atomic E-state index is -0.946. The van der Waals surface area contributed by atoms with Gasteiger partial charge >= 0.3 is 5.97 Å². The summed E-state index contributed by atoms with van der Waals surface area (Å²) >= 11 is 5.76. The second-order valence-electron chi connectivity index (χ2n) is 4.01. The van der Waals surface area contributed by atoms with Crippen molar-refractivity contribution in [2.24, 2.45) is 5.92 Å². The van der Waals surface area contributed by atoms with E-state index in [2.05, 4.69) is 5.32 Å². The van der Waals surface area contributed by atoms with E-state index in [-0.39, 0.29) is 5.92 Å². The Morgan fingerprint density at radius 2 is 2.18 bits per heavy atom. The number of carbonyl (C=O) groups is 1. The van der Waals surface area contributed by atoms with Crippen LogP contribution in [0.25, 0.3) is 0 Å². The molecule has 2 N–H and O–H groups in total. The molecule has 5 heteroatoms. The van der Waals surface area contributed by atoms with E-state index >= 15 is 0 Å². The Morgan fingerprint density at radius 1 is 1.53 bits per heavy atom. The normalized spacial score (nSPS) is 11.9. The van der Waals surface area contributed by atoms with E-state index in [4.69, 9.17) is 22.0 Å². The van der Waals surface area contributed by atoms with E-state index < -0.39 is 12.0 Å². The van der Waals surface area contributed by atoms with Crippen LogP contribution in [0.4, 0.5) is 5.69 Å². The Morgan fingerprint density at radius 3 is 2.65 bits per heavy atom. The molecule has 1 aromatic rings. The summed E-state index contributed by atoms with van der Waals surface area (Å²) < 4.78 is 0. The van der Waals surface area contributed by atoms with Crippen LogP contribution < -0.4 is 5.32 Å². The number of hydrogen-bond acceptors (Lipinski definition) is 3. The van der Waals surface area contributed by atoms with Gasteiger partial charge in [-0.15, -0.1) is 0 Å². The van der Waals surface area contributed by atoms with Gasteiger partial charge in [-0.25, -0.2) is 4.79 Å². The zero-order chi connectivity index (χ0) is 13.0. The summed E-state index contributed by atoms with van der Waals surface area (Å²) in [5.41, 5.74) is 0.822. The number of halogens is 1. The maximum atomic E-state index is 11.0. The molecule has 1 unspecified atom stereocenters. The molecule has 0 aromatic heterocycles. The van der Waals surface area contributed by atoms with Gasteiger partial charge in [0.05, 0.1) is 11.3 Å². The fourth-order valence-electron chi connectivity index (χ4n) is 1.42. The lowest BCUT2D eigenvalue weighted by molar-refractivity contribution is -0.138. The first kappa shape index (κ1) is 13.3. The van der Waals surface area contributed by atoms with Crippen molar-refractivity contribution in [1.82, 2.24) is 0 Å². The minimum Gasteiger partial charge on any atom is -0.480 e. The van der Waals surface area contributed by atoms with Crippen LogP contribution in [0, 0.1) is 17.2 Å². The molecule has 0 amide bonds. The Bertz CT molecular complexity index is 466. The Hall–Kier alpha value is -1.73. The number of benzene rings is 1. The molecular weight excluding hydrogens is 240 g/mol. The van der Waals surface area contributed by atoms with Crippen molar-refractivity contribution in [3.8, 4) is 6.07 Å². The van der Waals surface area contributed by atoms with Crippen LogP contribution >= 0.6 is 11.6 Å². The van der Waals surface area contributed by atoms with Crippen molar-refractivity contribution in [2.45, 2.75) is 19.9 Å². The van der Waals surface area contributed by atoms with E-state index in [1.165, 1.54) is 6.07 Å². The van der Waals surface area contributed by atoms with Gasteiger partial charge in [-0.1, -0.05) is 25.4 Å². The summed E-state index contributed by atoms with van der Waals surface area (Å²) in [4.78, 5) is 11.0. The van der Waals surface area contributed by atoms with E-state index in [1.807, 2.05) is 6.07 Å². The molecule has 0 radical (unpaired) electrons. The van der Waals surface area contributed by atoms with Gasteiger partial charge in [-0.05, 0) is 24.1 Å². The van der Waals surface area contributed by atoms with Gasteiger partial charge in [-0.2, -0.15) is 5.26 Å². The van der Waals surface area contributed by atoms with E-state index in [0.717, 1.165) is 0 Å². The van der Waals surface area contributed by atoms with Crippen LogP contribution in [-0.2, 0) is 4.79 Å². The lowest BCUT2D eigenvalue weighted by atomic mass is 10.0. The Labute approximate surface area is 105 Å². The summed E-state index contributed by atoms with van der Waals surface area (Å²) in [5.74, 6) is -1.03. The first-order chi connectivity index (χ1) is 7.95. The number of nitrogens with zero attached hydrogens (tertiary/aromatic N) is 1. The molecule has 0 aliphatic carbocycles. The Balaban J connectivity index is 3.02. The summed E-state index contributed by atoms with van der Waals surface area (Å²) in [5, 5.41) is 21.3. The van der Waals surface area contributed by atoms with Crippen LogP contribution in [0.5, 0.6) is 0 Å². The summed E-state index contributed by atoms with van der Waals surface area (Å²) in [7, 11) is 0. The maximum Gasteiger partial charge on any atom is 0.326 e. The molecule has 1 atom stereocenters. The number of anilines is 1. The van der Waals surface area contributed by atoms with Crippen molar-refractivity contribution in [3.63, 3.8) is 0 Å². The fourth-order valence-corrected chi connectivity index (χ4v) is 1.59. The van der Waals surface area contributed by atoms with Crippen molar-refractivity contribution >= 4 is 23.3 Å². The first-order valence-electron chi connectivity index (χ1n) is 5.14. The largest absolute Gasteiger partial charge is 0.480 e. The molecule has 17 heavy (non-hydrogen) atoms. The zero-order valence-corrected chi connectivity index (χ0v) is 10.3. The maximum absolute atomic E-state index is 11.0. The molecule has 1 aromatic carbocycles. The molecule has 0 fully saturated rings. The summed E-state index contributed by atoms with van der Waals surface area (Å²) in [6.45, 7) is 3.60. The van der Waals surface area contributed by atoms with Gasteiger partial charge in [0.25, 0.3) is 0 Å². The fraction of sp³-hybridized carbons (Fsp3) is 0.333.